The summed E-state index contributed by atoms with van der Waals surface area (Å²) in [5, 5.41) is 11.6. The number of aliphatic hydroxyl groups is 1. The highest BCUT2D eigenvalue weighted by Crippen LogP contribution is 2.18. The first kappa shape index (κ1) is 15.8. The molecular weight excluding hydrogens is 302 g/mol. The third-order valence-corrected chi connectivity index (χ3v) is 5.00. The maximum absolute atomic E-state index is 12.0. The molecule has 0 aliphatic heterocycles. The molecule has 0 aromatic carbocycles. The van der Waals surface area contributed by atoms with E-state index in [-0.39, 0.29) is 12.5 Å². The van der Waals surface area contributed by atoms with Gasteiger partial charge in [0.2, 0.25) is 0 Å². The van der Waals surface area contributed by atoms with Crippen molar-refractivity contribution >= 4 is 28.6 Å². The molecule has 2 aromatic rings. The number of hydrogen-bond donors (Lipinski definition) is 2. The summed E-state index contributed by atoms with van der Waals surface area (Å²) >= 11 is 3.10. The first-order chi connectivity index (χ1) is 10.2. The van der Waals surface area contributed by atoms with Gasteiger partial charge in [-0.05, 0) is 30.7 Å². The van der Waals surface area contributed by atoms with Crippen LogP contribution in [0.4, 0.5) is 0 Å². The van der Waals surface area contributed by atoms with E-state index in [4.69, 9.17) is 5.11 Å². The van der Waals surface area contributed by atoms with Crippen LogP contribution in [0.25, 0.3) is 0 Å². The molecule has 0 unspecified atom stereocenters. The van der Waals surface area contributed by atoms with Crippen molar-refractivity contribution in [3.63, 3.8) is 0 Å². The molecule has 1 amide bonds. The minimum atomic E-state index is -0.0268. The molecule has 0 bridgehead atoms. The van der Waals surface area contributed by atoms with Crippen LogP contribution in [-0.4, -0.2) is 17.6 Å². The fraction of sp³-hybridized carbons (Fsp3) is 0.312. The van der Waals surface area contributed by atoms with Crippen LogP contribution >= 0.6 is 22.7 Å². The van der Waals surface area contributed by atoms with E-state index in [1.165, 1.54) is 4.88 Å². The van der Waals surface area contributed by atoms with E-state index in [2.05, 4.69) is 24.1 Å². The zero-order valence-electron chi connectivity index (χ0n) is 11.8. The second-order valence-electron chi connectivity index (χ2n) is 4.34. The lowest BCUT2D eigenvalue weighted by Crippen LogP contribution is -2.21. The van der Waals surface area contributed by atoms with Gasteiger partial charge in [-0.1, -0.05) is 18.8 Å². The van der Waals surface area contributed by atoms with Gasteiger partial charge in [0.1, 0.15) is 0 Å². The fourth-order valence-electron chi connectivity index (χ4n) is 1.69. The van der Waals surface area contributed by atoms with Crippen LogP contribution in [0.5, 0.6) is 0 Å². The van der Waals surface area contributed by atoms with Crippen LogP contribution in [0.1, 0.15) is 37.6 Å². The third-order valence-electron chi connectivity index (χ3n) is 2.77. The monoisotopic (exact) mass is 319 g/mol. The van der Waals surface area contributed by atoms with Crippen LogP contribution in [0.2, 0.25) is 0 Å². The lowest BCUT2D eigenvalue weighted by atomic mass is 10.3. The molecule has 3 nitrogen and oxygen atoms in total. The van der Waals surface area contributed by atoms with Crippen molar-refractivity contribution in [3.8, 4) is 11.8 Å². The average Bonchev–Trinajstić information content (AvgIpc) is 3.14. The van der Waals surface area contributed by atoms with E-state index in [9.17, 15) is 4.79 Å². The molecule has 0 radical (unpaired) electrons. The number of nitrogens with one attached hydrogen (secondary N) is 1. The topological polar surface area (TPSA) is 49.3 Å². The molecule has 2 N–H and O–H groups in total. The zero-order valence-corrected chi connectivity index (χ0v) is 13.4. The summed E-state index contributed by atoms with van der Waals surface area (Å²) < 4.78 is 0. The lowest BCUT2D eigenvalue weighted by Gasteiger charge is -2.00. The van der Waals surface area contributed by atoms with E-state index < -0.39 is 0 Å². The van der Waals surface area contributed by atoms with Crippen LogP contribution in [-0.2, 0) is 13.0 Å². The number of carbonyl (C=O) groups is 1. The highest BCUT2D eigenvalue weighted by atomic mass is 32.1. The normalized spacial score (nSPS) is 10.0. The third kappa shape index (κ3) is 4.71. The van der Waals surface area contributed by atoms with Crippen LogP contribution in [0.15, 0.2) is 24.3 Å². The number of thiophene rings is 2. The fourth-order valence-corrected chi connectivity index (χ4v) is 3.38. The van der Waals surface area contributed by atoms with Crippen LogP contribution in [0.3, 0.4) is 0 Å². The Labute approximate surface area is 132 Å². The molecule has 0 aliphatic rings. The molecule has 2 aromatic heterocycles. The van der Waals surface area contributed by atoms with E-state index in [0.29, 0.717) is 13.0 Å². The summed E-state index contributed by atoms with van der Waals surface area (Å²) in [6.07, 6.45) is 1.45. The molecule has 5 heteroatoms. The molecule has 2 heterocycles. The van der Waals surface area contributed by atoms with Crippen molar-refractivity contribution in [1.29, 1.82) is 0 Å². The molecule has 0 aliphatic carbocycles. The second kappa shape index (κ2) is 7.99. The van der Waals surface area contributed by atoms with Gasteiger partial charge >= 0.3 is 0 Å². The number of amides is 1. The molecule has 0 spiro atoms. The maximum Gasteiger partial charge on any atom is 0.261 e. The summed E-state index contributed by atoms with van der Waals surface area (Å²) in [5.74, 6) is 5.86. The smallest absolute Gasteiger partial charge is 0.261 e. The molecule has 0 atom stereocenters. The highest BCUT2D eigenvalue weighted by molar-refractivity contribution is 7.14. The van der Waals surface area contributed by atoms with Crippen molar-refractivity contribution in [2.45, 2.75) is 26.3 Å². The molecule has 0 saturated carbocycles. The minimum absolute atomic E-state index is 0.0268. The summed E-state index contributed by atoms with van der Waals surface area (Å²) in [6.45, 7) is 2.69. The van der Waals surface area contributed by atoms with Gasteiger partial charge < -0.3 is 10.4 Å². The number of aliphatic hydroxyl groups excluding tert-OH is 1. The highest BCUT2D eigenvalue weighted by Gasteiger charge is 2.08. The van der Waals surface area contributed by atoms with Crippen molar-refractivity contribution in [2.75, 3.05) is 6.61 Å². The van der Waals surface area contributed by atoms with E-state index in [1.807, 2.05) is 24.3 Å². The van der Waals surface area contributed by atoms with Gasteiger partial charge in [0.05, 0.1) is 22.9 Å². The predicted molar refractivity (Wildman–Crippen MR) is 87.8 cm³/mol. The summed E-state index contributed by atoms with van der Waals surface area (Å²) in [7, 11) is 0. The van der Waals surface area contributed by atoms with Gasteiger partial charge in [0, 0.05) is 16.2 Å². The van der Waals surface area contributed by atoms with Gasteiger partial charge in [0.25, 0.3) is 5.91 Å². The first-order valence-electron chi connectivity index (χ1n) is 6.78. The van der Waals surface area contributed by atoms with E-state index in [1.54, 1.807) is 22.7 Å². The van der Waals surface area contributed by atoms with Crippen molar-refractivity contribution < 1.29 is 9.90 Å². The Morgan fingerprint density at radius 1 is 1.24 bits per heavy atom. The Bertz CT molecular complexity index is 661. The molecular formula is C16H17NO2S2. The number of aryl methyl sites for hydroxylation is 1. The SMILES string of the molecule is CCc1ccc(C(=O)NCc2ccc(C#CCCO)s2)s1. The maximum atomic E-state index is 12.0. The molecule has 0 fully saturated rings. The minimum Gasteiger partial charge on any atom is -0.395 e. The Kier molecular flexibility index (Phi) is 6.00. The van der Waals surface area contributed by atoms with E-state index in [0.717, 1.165) is 21.1 Å². The molecule has 0 saturated heterocycles. The largest absolute Gasteiger partial charge is 0.395 e. The molecule has 2 rings (SSSR count). The van der Waals surface area contributed by atoms with Crippen LogP contribution in [0, 0.1) is 11.8 Å². The Morgan fingerprint density at radius 3 is 2.76 bits per heavy atom. The quantitative estimate of drug-likeness (QED) is 0.832. The van der Waals surface area contributed by atoms with Gasteiger partial charge in [0.15, 0.2) is 0 Å². The molecule has 21 heavy (non-hydrogen) atoms. The summed E-state index contributed by atoms with van der Waals surface area (Å²) in [5.41, 5.74) is 0. The number of rotatable bonds is 5. The van der Waals surface area contributed by atoms with Crippen molar-refractivity contribution in [1.82, 2.24) is 5.32 Å². The Morgan fingerprint density at radius 2 is 2.05 bits per heavy atom. The summed E-state index contributed by atoms with van der Waals surface area (Å²) in [4.78, 5) is 16.0. The summed E-state index contributed by atoms with van der Waals surface area (Å²) in [6, 6.07) is 7.79. The number of carbonyl (C=O) groups excluding carboxylic acids is 1. The van der Waals surface area contributed by atoms with Gasteiger partial charge in [-0.3, -0.25) is 4.79 Å². The van der Waals surface area contributed by atoms with Crippen LogP contribution < -0.4 is 5.32 Å². The zero-order chi connectivity index (χ0) is 15.1. The second-order valence-corrected chi connectivity index (χ2v) is 6.68. The molecule has 110 valence electrons. The predicted octanol–water partition coefficient (Wildman–Crippen LogP) is 3.04. The van der Waals surface area contributed by atoms with Gasteiger partial charge in [-0.2, -0.15) is 0 Å². The Hall–Kier alpha value is -1.61. The van der Waals surface area contributed by atoms with Crippen molar-refractivity contribution in [3.05, 3.63) is 43.8 Å². The van der Waals surface area contributed by atoms with Gasteiger partial charge in [-0.25, -0.2) is 0 Å². The average molecular weight is 319 g/mol. The Balaban J connectivity index is 1.88. The van der Waals surface area contributed by atoms with Gasteiger partial charge in [-0.15, -0.1) is 22.7 Å². The lowest BCUT2D eigenvalue weighted by molar-refractivity contribution is 0.0955. The van der Waals surface area contributed by atoms with E-state index >= 15 is 0 Å². The number of hydrogen-bond acceptors (Lipinski definition) is 4. The van der Waals surface area contributed by atoms with Crippen molar-refractivity contribution in [2.24, 2.45) is 0 Å². The standard InChI is InChI=1S/C16H17NO2S2/c1-2-12-8-9-15(21-12)16(19)17-11-14-7-6-13(20-14)5-3-4-10-18/h6-9,18H,2,4,10-11H2,1H3,(H,17,19). The first-order valence-corrected chi connectivity index (χ1v) is 8.41.